The van der Waals surface area contributed by atoms with Crippen molar-refractivity contribution in [2.45, 2.75) is 25.7 Å². The zero-order valence-electron chi connectivity index (χ0n) is 15.6. The van der Waals surface area contributed by atoms with Crippen LogP contribution in [0.1, 0.15) is 34.6 Å². The predicted molar refractivity (Wildman–Crippen MR) is 109 cm³/mol. The molecule has 0 aromatic heterocycles. The molecule has 0 saturated heterocycles. The Morgan fingerprint density at radius 2 is 1.59 bits per heavy atom. The molecule has 27 heavy (non-hydrogen) atoms. The van der Waals surface area contributed by atoms with Crippen LogP contribution in [-0.4, -0.2) is 17.6 Å². The molecule has 0 unspecified atom stereocenters. The fourth-order valence-electron chi connectivity index (χ4n) is 3.30. The Hall–Kier alpha value is -3.07. The van der Waals surface area contributed by atoms with E-state index in [1.807, 2.05) is 73.7 Å². The van der Waals surface area contributed by atoms with Gasteiger partial charge in [0, 0.05) is 24.4 Å². The number of benzene rings is 3. The first-order chi connectivity index (χ1) is 13.1. The van der Waals surface area contributed by atoms with Crippen LogP contribution in [0, 0.1) is 6.92 Å². The molecule has 138 valence electrons. The van der Waals surface area contributed by atoms with Crippen LogP contribution >= 0.6 is 0 Å². The number of hydrogen-bond donors (Lipinski definition) is 2. The Bertz CT molecular complexity index is 875. The maximum absolute atomic E-state index is 12.6. The lowest BCUT2D eigenvalue weighted by atomic mass is 9.87. The summed E-state index contributed by atoms with van der Waals surface area (Å²) in [5, 5.41) is 13.5. The molecule has 0 spiro atoms. The van der Waals surface area contributed by atoms with E-state index < -0.39 is 0 Å². The number of aromatic hydroxyl groups is 1. The van der Waals surface area contributed by atoms with Gasteiger partial charge in [-0.1, -0.05) is 78.9 Å². The molecule has 1 amide bonds. The van der Waals surface area contributed by atoms with E-state index in [-0.39, 0.29) is 17.6 Å². The molecule has 1 atom stereocenters. The molecule has 0 aliphatic rings. The highest BCUT2D eigenvalue weighted by molar-refractivity contribution is 5.77. The molecule has 0 aliphatic carbocycles. The second-order valence-electron chi connectivity index (χ2n) is 6.77. The predicted octanol–water partition coefficient (Wildman–Crippen LogP) is 4.58. The topological polar surface area (TPSA) is 49.3 Å². The van der Waals surface area contributed by atoms with E-state index in [4.69, 9.17) is 0 Å². The summed E-state index contributed by atoms with van der Waals surface area (Å²) >= 11 is 0. The lowest BCUT2D eigenvalue weighted by Crippen LogP contribution is -2.27. The minimum Gasteiger partial charge on any atom is -0.507 e. The molecular weight excluding hydrogens is 334 g/mol. The van der Waals surface area contributed by atoms with Gasteiger partial charge in [-0.25, -0.2) is 0 Å². The van der Waals surface area contributed by atoms with Gasteiger partial charge in [0.2, 0.25) is 5.91 Å². The van der Waals surface area contributed by atoms with Gasteiger partial charge in [0.1, 0.15) is 5.75 Å². The molecule has 3 aromatic carbocycles. The second kappa shape index (κ2) is 9.04. The lowest BCUT2D eigenvalue weighted by Gasteiger charge is -2.20. The summed E-state index contributed by atoms with van der Waals surface area (Å²) in [5.41, 5.74) is 3.84. The Morgan fingerprint density at radius 1 is 0.926 bits per heavy atom. The van der Waals surface area contributed by atoms with Crippen LogP contribution in [0.5, 0.6) is 5.75 Å². The van der Waals surface area contributed by atoms with Crippen molar-refractivity contribution in [3.05, 3.63) is 101 Å². The average Bonchev–Trinajstić information content (AvgIpc) is 2.70. The van der Waals surface area contributed by atoms with Crippen LogP contribution in [0.2, 0.25) is 0 Å². The number of hydrogen-bond acceptors (Lipinski definition) is 2. The van der Waals surface area contributed by atoms with Crippen molar-refractivity contribution in [1.82, 2.24) is 5.32 Å². The van der Waals surface area contributed by atoms with Crippen molar-refractivity contribution < 1.29 is 9.90 Å². The number of aryl methyl sites for hydroxylation is 1. The van der Waals surface area contributed by atoms with Gasteiger partial charge in [-0.15, -0.1) is 0 Å². The normalized spacial score (nSPS) is 11.7. The molecule has 2 N–H and O–H groups in total. The molecule has 0 aliphatic heterocycles. The fourth-order valence-corrected chi connectivity index (χ4v) is 3.30. The Labute approximate surface area is 160 Å². The third kappa shape index (κ3) is 4.98. The highest BCUT2D eigenvalue weighted by Crippen LogP contribution is 2.35. The number of amides is 1. The minimum atomic E-state index is -0.178. The maximum atomic E-state index is 12.6. The Kier molecular flexibility index (Phi) is 6.26. The smallest absolute Gasteiger partial charge is 0.220 e. The summed E-state index contributed by atoms with van der Waals surface area (Å²) < 4.78 is 0. The summed E-state index contributed by atoms with van der Waals surface area (Å²) in [4.78, 5) is 12.6. The SMILES string of the molecule is Cc1cccc([C@H](CC(=O)NCCc2ccccc2)c2ccccc2)c1O. The van der Waals surface area contributed by atoms with E-state index in [2.05, 4.69) is 17.4 Å². The van der Waals surface area contributed by atoms with Crippen LogP contribution in [0.15, 0.2) is 78.9 Å². The summed E-state index contributed by atoms with van der Waals surface area (Å²) in [7, 11) is 0. The van der Waals surface area contributed by atoms with Gasteiger partial charge in [-0.2, -0.15) is 0 Å². The summed E-state index contributed by atoms with van der Waals surface area (Å²) in [5.74, 6) is 0.0759. The monoisotopic (exact) mass is 359 g/mol. The molecular formula is C24H25NO2. The van der Waals surface area contributed by atoms with Gasteiger partial charge in [0.05, 0.1) is 0 Å². The number of carbonyl (C=O) groups excluding carboxylic acids is 1. The number of rotatable bonds is 7. The van der Waals surface area contributed by atoms with Crippen molar-refractivity contribution in [2.75, 3.05) is 6.54 Å². The average molecular weight is 359 g/mol. The van der Waals surface area contributed by atoms with Crippen LogP contribution in [0.3, 0.4) is 0 Å². The van der Waals surface area contributed by atoms with Crippen molar-refractivity contribution in [2.24, 2.45) is 0 Å². The van der Waals surface area contributed by atoms with Gasteiger partial charge in [-0.05, 0) is 30.0 Å². The molecule has 3 rings (SSSR count). The molecule has 3 nitrogen and oxygen atoms in total. The highest BCUT2D eigenvalue weighted by atomic mass is 16.3. The number of para-hydroxylation sites is 1. The second-order valence-corrected chi connectivity index (χ2v) is 6.77. The lowest BCUT2D eigenvalue weighted by molar-refractivity contribution is -0.121. The third-order valence-electron chi connectivity index (χ3n) is 4.81. The number of phenols is 1. The summed E-state index contributed by atoms with van der Waals surface area (Å²) in [6, 6.07) is 25.7. The zero-order valence-corrected chi connectivity index (χ0v) is 15.6. The molecule has 0 heterocycles. The van der Waals surface area contributed by atoms with Gasteiger partial charge < -0.3 is 10.4 Å². The third-order valence-corrected chi connectivity index (χ3v) is 4.81. The maximum Gasteiger partial charge on any atom is 0.220 e. The van der Waals surface area contributed by atoms with Crippen LogP contribution < -0.4 is 5.32 Å². The van der Waals surface area contributed by atoms with E-state index >= 15 is 0 Å². The van der Waals surface area contributed by atoms with Crippen molar-refractivity contribution in [3.8, 4) is 5.75 Å². The van der Waals surface area contributed by atoms with Gasteiger partial charge in [-0.3, -0.25) is 4.79 Å². The van der Waals surface area contributed by atoms with Crippen LogP contribution in [0.25, 0.3) is 0 Å². The van der Waals surface area contributed by atoms with Crippen LogP contribution in [0.4, 0.5) is 0 Å². The zero-order chi connectivity index (χ0) is 19.1. The van der Waals surface area contributed by atoms with Crippen molar-refractivity contribution in [3.63, 3.8) is 0 Å². The molecule has 0 bridgehead atoms. The van der Waals surface area contributed by atoms with Gasteiger partial charge in [0.15, 0.2) is 0 Å². The number of phenolic OH excluding ortho intramolecular Hbond substituents is 1. The molecule has 0 fully saturated rings. The quantitative estimate of drug-likeness (QED) is 0.649. The highest BCUT2D eigenvalue weighted by Gasteiger charge is 2.21. The van der Waals surface area contributed by atoms with E-state index in [1.54, 1.807) is 0 Å². The van der Waals surface area contributed by atoms with Gasteiger partial charge in [0.25, 0.3) is 0 Å². The van der Waals surface area contributed by atoms with E-state index in [0.717, 1.165) is 23.1 Å². The molecule has 0 radical (unpaired) electrons. The largest absolute Gasteiger partial charge is 0.507 e. The van der Waals surface area contributed by atoms with Crippen molar-refractivity contribution >= 4 is 5.91 Å². The van der Waals surface area contributed by atoms with Crippen LogP contribution in [-0.2, 0) is 11.2 Å². The Balaban J connectivity index is 1.72. The summed E-state index contributed by atoms with van der Waals surface area (Å²) in [6.45, 7) is 2.48. The van der Waals surface area contributed by atoms with E-state index in [9.17, 15) is 9.90 Å². The first-order valence-corrected chi connectivity index (χ1v) is 9.29. The first kappa shape index (κ1) is 18.7. The standard InChI is InChI=1S/C24H25NO2/c1-18-9-8-14-21(24(18)27)22(20-12-6-3-7-13-20)17-23(26)25-16-15-19-10-4-2-5-11-19/h2-14,22,27H,15-17H2,1H3,(H,25,26)/t22-/m1/s1. The van der Waals surface area contributed by atoms with Gasteiger partial charge >= 0.3 is 0 Å². The Morgan fingerprint density at radius 3 is 2.30 bits per heavy atom. The first-order valence-electron chi connectivity index (χ1n) is 9.29. The summed E-state index contributed by atoms with van der Waals surface area (Å²) in [6.07, 6.45) is 1.11. The minimum absolute atomic E-state index is 0.0132. The fraction of sp³-hybridized carbons (Fsp3) is 0.208. The number of carbonyl (C=O) groups is 1. The molecule has 3 aromatic rings. The van der Waals surface area contributed by atoms with Crippen molar-refractivity contribution in [1.29, 1.82) is 0 Å². The van der Waals surface area contributed by atoms with E-state index in [0.29, 0.717) is 13.0 Å². The van der Waals surface area contributed by atoms with E-state index in [1.165, 1.54) is 5.56 Å². The molecule has 0 saturated carbocycles. The number of nitrogens with one attached hydrogen (secondary N) is 1. The molecule has 3 heteroatoms.